The number of aromatic carboxylic acids is 1. The van der Waals surface area contributed by atoms with Crippen LogP contribution in [-0.2, 0) is 4.79 Å². The van der Waals surface area contributed by atoms with Gasteiger partial charge >= 0.3 is 5.97 Å². The lowest BCUT2D eigenvalue weighted by Gasteiger charge is -2.20. The van der Waals surface area contributed by atoms with Gasteiger partial charge in [-0.05, 0) is 72.6 Å². The maximum atomic E-state index is 12.3. The van der Waals surface area contributed by atoms with E-state index in [1.165, 1.54) is 31.4 Å². The molecule has 1 aliphatic carbocycles. The van der Waals surface area contributed by atoms with Crippen LogP contribution in [0.2, 0.25) is 0 Å². The van der Waals surface area contributed by atoms with Gasteiger partial charge in [0.05, 0.1) is 5.56 Å². The van der Waals surface area contributed by atoms with Crippen molar-refractivity contribution in [2.45, 2.75) is 48.3 Å². The Morgan fingerprint density at radius 2 is 1.27 bits per heavy atom. The van der Waals surface area contributed by atoms with Crippen LogP contribution in [0, 0.1) is 5.92 Å². The summed E-state index contributed by atoms with van der Waals surface area (Å²) in [5, 5.41) is 8.82. The van der Waals surface area contributed by atoms with Gasteiger partial charge in [0, 0.05) is 21.8 Å². The topological polar surface area (TPSA) is 80.7 Å². The molecular weight excluding hydrogens is 520 g/mol. The van der Waals surface area contributed by atoms with Gasteiger partial charge in [-0.15, -0.1) is 0 Å². The smallest absolute Gasteiger partial charge is 0.335 e. The van der Waals surface area contributed by atoms with E-state index >= 15 is 0 Å². The number of carboxylic acids is 1. The van der Waals surface area contributed by atoms with Gasteiger partial charge in [-0.3, -0.25) is 9.59 Å². The lowest BCUT2D eigenvalue weighted by molar-refractivity contribution is -0.116. The first kappa shape index (κ1) is 28.8. The molecule has 0 aliphatic heterocycles. The minimum Gasteiger partial charge on any atom is -0.478 e. The van der Waals surface area contributed by atoms with Crippen LogP contribution >= 0.6 is 11.8 Å². The maximum Gasteiger partial charge on any atom is 0.335 e. The summed E-state index contributed by atoms with van der Waals surface area (Å²) in [6.07, 6.45) is 6.24. The lowest BCUT2D eigenvalue weighted by Crippen LogP contribution is -2.19. The molecule has 5 rings (SSSR count). The molecule has 0 radical (unpaired) electrons. The summed E-state index contributed by atoms with van der Waals surface area (Å²) in [6.45, 7) is 0. The highest BCUT2D eigenvalue weighted by Gasteiger charge is 2.22. The third-order valence-corrected chi connectivity index (χ3v) is 7.62. The molecule has 0 atom stereocenters. The fraction of sp³-hybridized carbons (Fsp3) is 0.206. The molecule has 0 unspecified atom stereocenters. The monoisotopic (exact) mass is 552 g/mol. The summed E-state index contributed by atoms with van der Waals surface area (Å²) in [4.78, 5) is 37.5. The van der Waals surface area contributed by atoms with Crippen LogP contribution in [0.15, 0.2) is 119 Å². The van der Waals surface area contributed by atoms with Crippen molar-refractivity contribution in [3.63, 3.8) is 0 Å². The average molecular weight is 553 g/mol. The van der Waals surface area contributed by atoms with Crippen molar-refractivity contribution in [2.75, 3.05) is 0 Å². The Morgan fingerprint density at radius 3 is 1.93 bits per heavy atom. The van der Waals surface area contributed by atoms with E-state index in [0.717, 1.165) is 22.6 Å². The second kappa shape index (κ2) is 14.8. The molecule has 0 spiro atoms. The highest BCUT2D eigenvalue weighted by atomic mass is 32.2. The van der Waals surface area contributed by atoms with E-state index in [1.807, 2.05) is 60.7 Å². The molecule has 40 heavy (non-hydrogen) atoms. The minimum atomic E-state index is -0.960. The fourth-order valence-electron chi connectivity index (χ4n) is 4.52. The van der Waals surface area contributed by atoms with E-state index in [4.69, 9.17) is 9.84 Å². The van der Waals surface area contributed by atoms with E-state index in [9.17, 15) is 14.4 Å². The molecule has 4 aromatic rings. The Hall–Kier alpha value is -4.16. The summed E-state index contributed by atoms with van der Waals surface area (Å²) in [5.41, 5.74) is 0.724. The number of Topliss-reactive ketones (excluding diaryl/α,β-unsaturated/α-hetero) is 2. The van der Waals surface area contributed by atoms with E-state index in [-0.39, 0.29) is 17.1 Å². The number of hydrogen-bond acceptors (Lipinski definition) is 5. The first-order valence-corrected chi connectivity index (χ1v) is 14.3. The third-order valence-electron chi connectivity index (χ3n) is 6.61. The zero-order valence-electron chi connectivity index (χ0n) is 22.2. The molecular formula is C34H32O5S. The Morgan fingerprint density at radius 1 is 0.675 bits per heavy atom. The standard InChI is InChI=1S/C21H22O2S.C13H10O3/c22-20(15-16-7-3-1-4-8-16)21(23)17-11-13-19(14-12-17)24-18-9-5-2-6-10-18;14-13(15)10-5-4-8-12(9-10)16-11-6-2-1-3-7-11/h2,5-6,9-14,16H,1,3-4,7-8,15H2;1-9H,(H,14,15). The quantitative estimate of drug-likeness (QED) is 0.165. The van der Waals surface area contributed by atoms with Gasteiger partial charge < -0.3 is 9.84 Å². The molecule has 1 saturated carbocycles. The summed E-state index contributed by atoms with van der Waals surface area (Å²) in [6, 6.07) is 33.1. The zero-order chi connectivity index (χ0) is 28.2. The van der Waals surface area contributed by atoms with E-state index < -0.39 is 5.97 Å². The molecule has 0 bridgehead atoms. The van der Waals surface area contributed by atoms with Crippen LogP contribution in [-0.4, -0.2) is 22.6 Å². The van der Waals surface area contributed by atoms with Crippen molar-refractivity contribution in [2.24, 2.45) is 5.92 Å². The number of rotatable bonds is 9. The largest absolute Gasteiger partial charge is 0.478 e. The van der Waals surface area contributed by atoms with Crippen molar-refractivity contribution in [1.82, 2.24) is 0 Å². The van der Waals surface area contributed by atoms with Crippen molar-refractivity contribution < 1.29 is 24.2 Å². The third kappa shape index (κ3) is 8.95. The summed E-state index contributed by atoms with van der Waals surface area (Å²) in [7, 11) is 0. The lowest BCUT2D eigenvalue weighted by atomic mass is 9.85. The van der Waals surface area contributed by atoms with E-state index in [0.29, 0.717) is 29.4 Å². The normalized spacial score (nSPS) is 13.0. The van der Waals surface area contributed by atoms with Crippen LogP contribution in [0.25, 0.3) is 0 Å². The SMILES string of the molecule is O=C(CC1CCCCC1)C(=O)c1ccc(Sc2ccccc2)cc1.O=C(O)c1cccc(Oc2ccccc2)c1. The number of ketones is 2. The second-order valence-corrected chi connectivity index (χ2v) is 10.8. The molecule has 0 heterocycles. The van der Waals surface area contributed by atoms with Crippen molar-refractivity contribution in [1.29, 1.82) is 0 Å². The highest BCUT2D eigenvalue weighted by Crippen LogP contribution is 2.29. The molecule has 4 aromatic carbocycles. The second-order valence-electron chi connectivity index (χ2n) is 9.65. The van der Waals surface area contributed by atoms with Gasteiger partial charge in [0.1, 0.15) is 11.5 Å². The Labute approximate surface area is 239 Å². The van der Waals surface area contributed by atoms with Crippen LogP contribution in [0.1, 0.15) is 59.2 Å². The van der Waals surface area contributed by atoms with Gasteiger partial charge in [0.2, 0.25) is 11.6 Å². The highest BCUT2D eigenvalue weighted by molar-refractivity contribution is 7.99. The molecule has 0 amide bonds. The van der Waals surface area contributed by atoms with Crippen LogP contribution in [0.5, 0.6) is 11.5 Å². The molecule has 0 aromatic heterocycles. The van der Waals surface area contributed by atoms with Gasteiger partial charge in [0.25, 0.3) is 0 Å². The van der Waals surface area contributed by atoms with Crippen molar-refractivity contribution in [3.05, 3.63) is 120 Å². The first-order chi connectivity index (χ1) is 19.5. The van der Waals surface area contributed by atoms with Crippen molar-refractivity contribution >= 4 is 29.3 Å². The number of hydrogen-bond donors (Lipinski definition) is 1. The molecule has 6 heteroatoms. The Bertz CT molecular complexity index is 1400. The molecule has 1 aliphatic rings. The zero-order valence-corrected chi connectivity index (χ0v) is 23.0. The van der Waals surface area contributed by atoms with Crippen LogP contribution in [0.3, 0.4) is 0 Å². The Balaban J connectivity index is 0.000000201. The number of benzene rings is 4. The summed E-state index contributed by atoms with van der Waals surface area (Å²) in [5.74, 6) is 0.0833. The van der Waals surface area contributed by atoms with Crippen molar-refractivity contribution in [3.8, 4) is 11.5 Å². The molecule has 5 nitrogen and oxygen atoms in total. The number of carbonyl (C=O) groups is 3. The van der Waals surface area contributed by atoms with Gasteiger partial charge in [-0.1, -0.05) is 86.3 Å². The maximum absolute atomic E-state index is 12.3. The van der Waals surface area contributed by atoms with Crippen LogP contribution in [0.4, 0.5) is 0 Å². The molecule has 0 saturated heterocycles. The van der Waals surface area contributed by atoms with E-state index in [1.54, 1.807) is 36.0 Å². The number of carboxylic acid groups (broad SMARTS) is 1. The van der Waals surface area contributed by atoms with Crippen LogP contribution < -0.4 is 4.74 Å². The minimum absolute atomic E-state index is 0.216. The molecule has 1 N–H and O–H groups in total. The summed E-state index contributed by atoms with van der Waals surface area (Å²) >= 11 is 1.65. The van der Waals surface area contributed by atoms with Gasteiger partial charge in [-0.2, -0.15) is 0 Å². The van der Waals surface area contributed by atoms with Gasteiger partial charge in [0.15, 0.2) is 0 Å². The predicted molar refractivity (Wildman–Crippen MR) is 157 cm³/mol. The molecule has 204 valence electrons. The van der Waals surface area contributed by atoms with E-state index in [2.05, 4.69) is 12.1 Å². The number of carbonyl (C=O) groups excluding carboxylic acids is 2. The molecule has 1 fully saturated rings. The fourth-order valence-corrected chi connectivity index (χ4v) is 5.36. The van der Waals surface area contributed by atoms with Gasteiger partial charge in [-0.25, -0.2) is 4.79 Å². The predicted octanol–water partition coefficient (Wildman–Crippen LogP) is 8.74. The first-order valence-electron chi connectivity index (χ1n) is 13.4. The average Bonchev–Trinajstić information content (AvgIpc) is 2.99. The number of ether oxygens (including phenoxy) is 1. The Kier molecular flexibility index (Phi) is 10.7. The number of para-hydroxylation sites is 1. The summed E-state index contributed by atoms with van der Waals surface area (Å²) < 4.78 is 5.51.